The van der Waals surface area contributed by atoms with Gasteiger partial charge in [0.05, 0.1) is 50.1 Å². The number of anilines is 2. The first-order valence-corrected chi connectivity index (χ1v) is 16.9. The third-order valence-corrected chi connectivity index (χ3v) is 9.11. The monoisotopic (exact) mass is 676 g/mol. The summed E-state index contributed by atoms with van der Waals surface area (Å²) in [5, 5.41) is 0.273. The van der Waals surface area contributed by atoms with Crippen molar-refractivity contribution >= 4 is 33.4 Å². The smallest absolute Gasteiger partial charge is 0.263 e. The fraction of sp³-hybridized carbons (Fsp3) is 0.500. The molecule has 1 atom stereocenters. The summed E-state index contributed by atoms with van der Waals surface area (Å²) >= 11 is 6.51. The quantitative estimate of drug-likeness (QED) is 0.275. The van der Waals surface area contributed by atoms with Crippen LogP contribution < -0.4 is 19.1 Å². The molecule has 46 heavy (non-hydrogen) atoms. The molecule has 250 valence electrons. The molecule has 5 rings (SSSR count). The van der Waals surface area contributed by atoms with Gasteiger partial charge < -0.3 is 33.3 Å². The highest BCUT2D eigenvalue weighted by molar-refractivity contribution is 7.92. The van der Waals surface area contributed by atoms with Crippen molar-refractivity contribution in [2.75, 3.05) is 56.2 Å². The second-order valence-electron chi connectivity index (χ2n) is 12.5. The van der Waals surface area contributed by atoms with Gasteiger partial charge in [-0.2, -0.15) is 4.98 Å². The van der Waals surface area contributed by atoms with E-state index >= 15 is 0 Å². The van der Waals surface area contributed by atoms with E-state index in [4.69, 9.17) is 45.0 Å². The van der Waals surface area contributed by atoms with Gasteiger partial charge in [0.2, 0.25) is 5.95 Å². The molecule has 0 spiro atoms. The molecule has 2 aromatic carbocycles. The van der Waals surface area contributed by atoms with E-state index in [1.165, 1.54) is 7.11 Å². The van der Waals surface area contributed by atoms with Gasteiger partial charge in [-0.3, -0.25) is 4.72 Å². The van der Waals surface area contributed by atoms with E-state index < -0.39 is 15.8 Å². The van der Waals surface area contributed by atoms with Gasteiger partial charge in [0, 0.05) is 19.2 Å². The van der Waals surface area contributed by atoms with Crippen LogP contribution in [-0.2, 0) is 41.0 Å². The van der Waals surface area contributed by atoms with Crippen molar-refractivity contribution in [2.45, 2.75) is 63.4 Å². The van der Waals surface area contributed by atoms with E-state index in [9.17, 15) is 8.42 Å². The van der Waals surface area contributed by atoms with Crippen LogP contribution in [0.1, 0.15) is 45.9 Å². The summed E-state index contributed by atoms with van der Waals surface area (Å²) in [5.41, 5.74) is 1.15. The molecule has 3 heterocycles. The van der Waals surface area contributed by atoms with Gasteiger partial charge in [-0.1, -0.05) is 44.5 Å². The molecule has 1 aromatic heterocycles. The fourth-order valence-corrected chi connectivity index (χ4v) is 6.08. The van der Waals surface area contributed by atoms with E-state index in [0.29, 0.717) is 50.3 Å². The maximum absolute atomic E-state index is 13.8. The highest BCUT2D eigenvalue weighted by Crippen LogP contribution is 2.39. The Morgan fingerprint density at radius 1 is 1.09 bits per heavy atom. The highest BCUT2D eigenvalue weighted by atomic mass is 35.5. The van der Waals surface area contributed by atoms with Crippen LogP contribution in [0.4, 0.5) is 11.8 Å². The lowest BCUT2D eigenvalue weighted by molar-refractivity contribution is -0.145. The molecule has 12 nitrogen and oxygen atoms in total. The van der Waals surface area contributed by atoms with E-state index in [0.717, 1.165) is 5.56 Å². The van der Waals surface area contributed by atoms with Crippen molar-refractivity contribution in [3.05, 3.63) is 58.7 Å². The predicted octanol–water partition coefficient (Wildman–Crippen LogP) is 5.53. The molecule has 2 fully saturated rings. The number of halogens is 1. The standard InChI is InChI=1S/C32H41ClN4O8S/c1-31(2,3)21-7-10-24(11-8-21)46(38,39)36-29-28(44-27-17-22(40-6)9-12-25(27)33)26(20-42-18-23-19-43-32(4,5)45-23)34-30(35-29)37-13-15-41-16-14-37/h7-12,17,23H,13-16,18-20H2,1-6H3,(H,34,35,36). The molecular weight excluding hydrogens is 636 g/mol. The first kappa shape index (κ1) is 34.1. The summed E-state index contributed by atoms with van der Waals surface area (Å²) in [6, 6.07) is 11.6. The summed E-state index contributed by atoms with van der Waals surface area (Å²) in [5.74, 6) is 0.259. The number of aromatic nitrogens is 2. The first-order chi connectivity index (χ1) is 21.7. The molecule has 0 aliphatic carbocycles. The average molecular weight is 677 g/mol. The van der Waals surface area contributed by atoms with Gasteiger partial charge in [0.25, 0.3) is 10.0 Å². The number of hydrogen-bond donors (Lipinski definition) is 1. The molecule has 2 aliphatic rings. The van der Waals surface area contributed by atoms with Crippen LogP contribution in [-0.4, -0.2) is 76.9 Å². The van der Waals surface area contributed by atoms with E-state index in [2.05, 4.69) is 30.5 Å². The zero-order valence-electron chi connectivity index (χ0n) is 27.0. The lowest BCUT2D eigenvalue weighted by Crippen LogP contribution is -2.37. The van der Waals surface area contributed by atoms with Crippen LogP contribution in [0, 0.1) is 0 Å². The highest BCUT2D eigenvalue weighted by Gasteiger charge is 2.33. The van der Waals surface area contributed by atoms with Crippen molar-refractivity contribution in [3.8, 4) is 17.2 Å². The average Bonchev–Trinajstić information content (AvgIpc) is 3.37. The molecule has 2 saturated heterocycles. The zero-order chi connectivity index (χ0) is 33.1. The van der Waals surface area contributed by atoms with Crippen LogP contribution in [0.25, 0.3) is 0 Å². The number of sulfonamides is 1. The van der Waals surface area contributed by atoms with E-state index in [1.54, 1.807) is 42.5 Å². The summed E-state index contributed by atoms with van der Waals surface area (Å²) in [6.07, 6.45) is -0.290. The Hall–Kier alpha value is -3.20. The van der Waals surface area contributed by atoms with Crippen LogP contribution >= 0.6 is 11.6 Å². The maximum Gasteiger partial charge on any atom is 0.263 e. The lowest BCUT2D eigenvalue weighted by atomic mass is 9.87. The van der Waals surface area contributed by atoms with Crippen molar-refractivity contribution in [1.29, 1.82) is 0 Å². The minimum Gasteiger partial charge on any atom is -0.497 e. The molecule has 0 amide bonds. The SMILES string of the molecule is COc1ccc(Cl)c(Oc2c(COCC3COC(C)(C)O3)nc(N3CCOCC3)nc2NS(=O)(=O)c2ccc(C(C)(C)C)cc2)c1. The van der Waals surface area contributed by atoms with Crippen molar-refractivity contribution in [3.63, 3.8) is 0 Å². The number of benzene rings is 2. The number of nitrogens with zero attached hydrogens (tertiary/aromatic N) is 3. The minimum absolute atomic E-state index is 0.0333. The van der Waals surface area contributed by atoms with Gasteiger partial charge >= 0.3 is 0 Å². The molecule has 2 aliphatic heterocycles. The Morgan fingerprint density at radius 2 is 1.80 bits per heavy atom. The Balaban J connectivity index is 1.55. The number of ether oxygens (including phenoxy) is 6. The van der Waals surface area contributed by atoms with Crippen LogP contribution in [0.2, 0.25) is 5.02 Å². The molecule has 3 aromatic rings. The van der Waals surface area contributed by atoms with E-state index in [-0.39, 0.29) is 52.0 Å². The van der Waals surface area contributed by atoms with Crippen LogP contribution in [0.5, 0.6) is 17.2 Å². The Bertz CT molecular complexity index is 1620. The van der Waals surface area contributed by atoms with Crippen LogP contribution in [0.15, 0.2) is 47.4 Å². The second-order valence-corrected chi connectivity index (χ2v) is 14.6. The number of hydrogen-bond acceptors (Lipinski definition) is 11. The van der Waals surface area contributed by atoms with Crippen molar-refractivity contribution in [1.82, 2.24) is 9.97 Å². The molecule has 0 bridgehead atoms. The second kappa shape index (κ2) is 13.9. The number of rotatable bonds is 11. The zero-order valence-corrected chi connectivity index (χ0v) is 28.5. The Kier molecular flexibility index (Phi) is 10.3. The summed E-state index contributed by atoms with van der Waals surface area (Å²) in [6.45, 7) is 12.4. The fourth-order valence-electron chi connectivity index (χ4n) is 4.91. The minimum atomic E-state index is -4.12. The summed E-state index contributed by atoms with van der Waals surface area (Å²) < 4.78 is 65.1. The Morgan fingerprint density at radius 3 is 2.43 bits per heavy atom. The first-order valence-electron chi connectivity index (χ1n) is 15.0. The van der Waals surface area contributed by atoms with E-state index in [1.807, 2.05) is 18.7 Å². The van der Waals surface area contributed by atoms with Gasteiger partial charge in [0.15, 0.2) is 17.4 Å². The third kappa shape index (κ3) is 8.38. The summed E-state index contributed by atoms with van der Waals surface area (Å²) in [7, 11) is -2.60. The van der Waals surface area contributed by atoms with Gasteiger partial charge in [-0.15, -0.1) is 0 Å². The molecule has 14 heteroatoms. The van der Waals surface area contributed by atoms with Crippen LogP contribution in [0.3, 0.4) is 0 Å². The number of morpholine rings is 1. The molecule has 1 unspecified atom stereocenters. The molecule has 1 N–H and O–H groups in total. The maximum atomic E-state index is 13.8. The number of nitrogens with one attached hydrogen (secondary N) is 1. The lowest BCUT2D eigenvalue weighted by Gasteiger charge is -2.28. The number of methoxy groups -OCH3 is 1. The normalized spacial score (nSPS) is 18.4. The predicted molar refractivity (Wildman–Crippen MR) is 174 cm³/mol. The van der Waals surface area contributed by atoms with Gasteiger partial charge in [-0.25, -0.2) is 13.4 Å². The third-order valence-electron chi connectivity index (χ3n) is 7.44. The Labute approximate surface area is 275 Å². The largest absolute Gasteiger partial charge is 0.497 e. The van der Waals surface area contributed by atoms with Crippen molar-refractivity contribution < 1.29 is 36.8 Å². The van der Waals surface area contributed by atoms with Crippen molar-refractivity contribution in [2.24, 2.45) is 0 Å². The van der Waals surface area contributed by atoms with Gasteiger partial charge in [0.1, 0.15) is 23.3 Å². The molecular formula is C32H41ClN4O8S. The van der Waals surface area contributed by atoms with Gasteiger partial charge in [-0.05, 0) is 49.1 Å². The topological polar surface area (TPSA) is 131 Å². The summed E-state index contributed by atoms with van der Waals surface area (Å²) in [4.78, 5) is 11.4. The molecule has 0 radical (unpaired) electrons. The molecule has 0 saturated carbocycles.